The first-order chi connectivity index (χ1) is 12.9. The summed E-state index contributed by atoms with van der Waals surface area (Å²) in [6, 6.07) is 14.3. The SMILES string of the molecule is CC(C)c1nc2c(c(=O)c3ccccc3n2C)c(=O)n1-c1cccc(Cl)c1. The molecule has 0 saturated heterocycles. The Labute approximate surface area is 160 Å². The maximum atomic E-state index is 13.4. The van der Waals surface area contributed by atoms with E-state index in [9.17, 15) is 9.59 Å². The molecule has 6 heteroatoms. The molecule has 0 spiro atoms. The van der Waals surface area contributed by atoms with E-state index in [1.165, 1.54) is 4.57 Å². The highest BCUT2D eigenvalue weighted by Crippen LogP contribution is 2.21. The van der Waals surface area contributed by atoms with Gasteiger partial charge in [-0.1, -0.05) is 43.6 Å². The minimum atomic E-state index is -0.377. The van der Waals surface area contributed by atoms with Crippen molar-refractivity contribution in [3.05, 3.63) is 80.0 Å². The summed E-state index contributed by atoms with van der Waals surface area (Å²) < 4.78 is 3.30. The number of aromatic nitrogens is 3. The van der Waals surface area contributed by atoms with Crippen LogP contribution in [0.4, 0.5) is 0 Å². The number of benzene rings is 2. The lowest BCUT2D eigenvalue weighted by atomic mass is 10.1. The van der Waals surface area contributed by atoms with Crippen molar-refractivity contribution in [2.45, 2.75) is 19.8 Å². The van der Waals surface area contributed by atoms with Gasteiger partial charge in [0, 0.05) is 23.4 Å². The predicted octanol–water partition coefficient (Wildman–Crippen LogP) is 4.01. The fourth-order valence-electron chi connectivity index (χ4n) is 3.43. The number of halogens is 1. The van der Waals surface area contributed by atoms with Crippen LogP contribution in [-0.2, 0) is 7.05 Å². The van der Waals surface area contributed by atoms with Crippen LogP contribution in [0.5, 0.6) is 0 Å². The summed E-state index contributed by atoms with van der Waals surface area (Å²) in [5.41, 5.74) is 1.06. The number of rotatable bonds is 2. The van der Waals surface area contributed by atoms with E-state index >= 15 is 0 Å². The largest absolute Gasteiger partial charge is 0.328 e. The highest BCUT2D eigenvalue weighted by molar-refractivity contribution is 6.30. The number of hydrogen-bond acceptors (Lipinski definition) is 3. The topological polar surface area (TPSA) is 56.9 Å². The van der Waals surface area contributed by atoms with Crippen molar-refractivity contribution in [3.63, 3.8) is 0 Å². The molecule has 0 N–H and O–H groups in total. The van der Waals surface area contributed by atoms with E-state index in [2.05, 4.69) is 0 Å². The van der Waals surface area contributed by atoms with Crippen molar-refractivity contribution in [2.75, 3.05) is 0 Å². The molecule has 0 bridgehead atoms. The molecule has 4 rings (SSSR count). The second-order valence-electron chi connectivity index (χ2n) is 6.85. The van der Waals surface area contributed by atoms with E-state index in [4.69, 9.17) is 16.6 Å². The van der Waals surface area contributed by atoms with Crippen LogP contribution >= 0.6 is 11.6 Å². The standard InChI is InChI=1S/C21H18ClN3O2/c1-12(2)19-23-20-17(18(26)15-9-4-5-10-16(15)24(20)3)21(27)25(19)14-8-6-7-13(22)11-14/h4-12H,1-3H3. The van der Waals surface area contributed by atoms with Crippen LogP contribution in [0.25, 0.3) is 27.6 Å². The maximum absolute atomic E-state index is 13.4. The molecule has 27 heavy (non-hydrogen) atoms. The number of pyridine rings is 1. The van der Waals surface area contributed by atoms with E-state index < -0.39 is 0 Å². The van der Waals surface area contributed by atoms with Crippen LogP contribution in [0.15, 0.2) is 58.1 Å². The average molecular weight is 380 g/mol. The summed E-state index contributed by atoms with van der Waals surface area (Å²) in [6.07, 6.45) is 0. The lowest BCUT2D eigenvalue weighted by Gasteiger charge is -2.18. The van der Waals surface area contributed by atoms with Gasteiger partial charge in [0.1, 0.15) is 11.2 Å². The lowest BCUT2D eigenvalue weighted by molar-refractivity contribution is 0.716. The van der Waals surface area contributed by atoms with Gasteiger partial charge in [0.15, 0.2) is 5.65 Å². The molecule has 2 aromatic heterocycles. The molecule has 2 heterocycles. The van der Waals surface area contributed by atoms with Gasteiger partial charge >= 0.3 is 0 Å². The summed E-state index contributed by atoms with van der Waals surface area (Å²) in [5.74, 6) is 0.558. The van der Waals surface area contributed by atoms with Crippen molar-refractivity contribution in [3.8, 4) is 5.69 Å². The first kappa shape index (κ1) is 17.5. The third kappa shape index (κ3) is 2.66. The monoisotopic (exact) mass is 379 g/mol. The zero-order valence-corrected chi connectivity index (χ0v) is 16.0. The van der Waals surface area contributed by atoms with Crippen LogP contribution in [-0.4, -0.2) is 14.1 Å². The predicted molar refractivity (Wildman–Crippen MR) is 109 cm³/mol. The lowest BCUT2D eigenvalue weighted by Crippen LogP contribution is -2.30. The summed E-state index contributed by atoms with van der Waals surface area (Å²) >= 11 is 6.13. The molecular formula is C21H18ClN3O2. The highest BCUT2D eigenvalue weighted by atomic mass is 35.5. The Hall–Kier alpha value is -2.92. The van der Waals surface area contributed by atoms with Gasteiger partial charge < -0.3 is 4.57 Å². The molecule has 0 amide bonds. The van der Waals surface area contributed by atoms with Gasteiger partial charge in [-0.3, -0.25) is 14.2 Å². The van der Waals surface area contributed by atoms with E-state index in [-0.39, 0.29) is 22.3 Å². The van der Waals surface area contributed by atoms with Crippen molar-refractivity contribution >= 4 is 33.5 Å². The molecule has 5 nitrogen and oxygen atoms in total. The normalized spacial score (nSPS) is 11.6. The second-order valence-corrected chi connectivity index (χ2v) is 7.29. The number of para-hydroxylation sites is 1. The van der Waals surface area contributed by atoms with Crippen molar-refractivity contribution in [2.24, 2.45) is 7.05 Å². The van der Waals surface area contributed by atoms with E-state index in [1.54, 1.807) is 36.4 Å². The number of nitrogens with zero attached hydrogens (tertiary/aromatic N) is 3. The second kappa shape index (κ2) is 6.35. The molecule has 4 aromatic rings. The van der Waals surface area contributed by atoms with E-state index in [1.807, 2.05) is 37.6 Å². The summed E-state index contributed by atoms with van der Waals surface area (Å²) in [6.45, 7) is 3.93. The molecule has 0 saturated carbocycles. The van der Waals surface area contributed by atoms with Crippen LogP contribution in [0.2, 0.25) is 5.02 Å². The molecule has 0 unspecified atom stereocenters. The minimum Gasteiger partial charge on any atom is -0.328 e. The Bertz CT molecular complexity index is 1320. The number of hydrogen-bond donors (Lipinski definition) is 0. The zero-order chi connectivity index (χ0) is 19.3. The third-order valence-electron chi connectivity index (χ3n) is 4.73. The molecule has 0 aliphatic heterocycles. The molecule has 0 fully saturated rings. The van der Waals surface area contributed by atoms with Crippen molar-refractivity contribution in [1.29, 1.82) is 0 Å². The molecule has 0 aliphatic carbocycles. The maximum Gasteiger partial charge on any atom is 0.271 e. The number of aryl methyl sites for hydroxylation is 1. The Morgan fingerprint density at radius 2 is 1.78 bits per heavy atom. The molecular weight excluding hydrogens is 362 g/mol. The van der Waals surface area contributed by atoms with Gasteiger partial charge in [0.2, 0.25) is 5.43 Å². The van der Waals surface area contributed by atoms with Gasteiger partial charge in [-0.15, -0.1) is 0 Å². The number of fused-ring (bicyclic) bond motifs is 2. The first-order valence-electron chi connectivity index (χ1n) is 8.70. The average Bonchev–Trinajstić information content (AvgIpc) is 2.65. The van der Waals surface area contributed by atoms with Gasteiger partial charge in [0.05, 0.1) is 11.2 Å². The fraction of sp³-hybridized carbons (Fsp3) is 0.190. The zero-order valence-electron chi connectivity index (χ0n) is 15.2. The van der Waals surface area contributed by atoms with E-state index in [0.717, 1.165) is 5.52 Å². The smallest absolute Gasteiger partial charge is 0.271 e. The molecule has 0 aliphatic rings. The fourth-order valence-corrected chi connectivity index (χ4v) is 3.61. The molecule has 2 aromatic carbocycles. The summed E-state index contributed by atoms with van der Waals surface area (Å²) in [5, 5.41) is 1.10. The van der Waals surface area contributed by atoms with E-state index in [0.29, 0.717) is 27.6 Å². The van der Waals surface area contributed by atoms with Crippen molar-refractivity contribution < 1.29 is 0 Å². The van der Waals surface area contributed by atoms with Gasteiger partial charge in [-0.05, 0) is 30.3 Å². The Balaban J connectivity index is 2.26. The molecule has 0 radical (unpaired) electrons. The Kier molecular flexibility index (Phi) is 4.12. The Morgan fingerprint density at radius 1 is 1.04 bits per heavy atom. The first-order valence-corrected chi connectivity index (χ1v) is 9.08. The quantitative estimate of drug-likeness (QED) is 0.494. The molecule has 0 atom stereocenters. The van der Waals surface area contributed by atoms with Crippen LogP contribution in [0.1, 0.15) is 25.6 Å². The summed E-state index contributed by atoms with van der Waals surface area (Å²) in [7, 11) is 1.82. The Morgan fingerprint density at radius 3 is 2.48 bits per heavy atom. The minimum absolute atomic E-state index is 0.0253. The highest BCUT2D eigenvalue weighted by Gasteiger charge is 2.20. The van der Waals surface area contributed by atoms with Gasteiger partial charge in [-0.2, -0.15) is 0 Å². The van der Waals surface area contributed by atoms with Crippen LogP contribution < -0.4 is 11.0 Å². The van der Waals surface area contributed by atoms with Crippen LogP contribution in [0.3, 0.4) is 0 Å². The third-order valence-corrected chi connectivity index (χ3v) is 4.96. The van der Waals surface area contributed by atoms with Crippen molar-refractivity contribution in [1.82, 2.24) is 14.1 Å². The van der Waals surface area contributed by atoms with Gasteiger partial charge in [-0.25, -0.2) is 4.98 Å². The summed E-state index contributed by atoms with van der Waals surface area (Å²) in [4.78, 5) is 31.3. The molecule has 136 valence electrons. The van der Waals surface area contributed by atoms with Gasteiger partial charge in [0.25, 0.3) is 5.56 Å². The van der Waals surface area contributed by atoms with Crippen LogP contribution in [0, 0.1) is 0 Å².